The number of halogens is 3. The van der Waals surface area contributed by atoms with Crippen LogP contribution in [0.25, 0.3) is 21.3 Å². The van der Waals surface area contributed by atoms with Gasteiger partial charge >= 0.3 is 6.18 Å². The Labute approximate surface area is 165 Å². The van der Waals surface area contributed by atoms with Gasteiger partial charge in [-0.3, -0.25) is 9.59 Å². The largest absolute Gasteiger partial charge is 0.449 e. The third-order valence-electron chi connectivity index (χ3n) is 4.38. The standard InChI is InChI=1S/C18H14F3N5O2S/c1-25(8-13-22-11-6-7-29-15(11)16(28)24-13)14(27)9-26-12-5-3-2-4-10(12)23-17(26)18(19,20)21/h2-7H,8-9H2,1H3,(H,22,24,28). The molecule has 0 radical (unpaired) electrons. The fraction of sp³-hybridized carbons (Fsp3) is 0.222. The normalized spacial score (nSPS) is 12.0. The Morgan fingerprint density at radius 1 is 1.21 bits per heavy atom. The van der Waals surface area contributed by atoms with Crippen LogP contribution in [0.4, 0.5) is 13.2 Å². The molecule has 0 spiro atoms. The van der Waals surface area contributed by atoms with Crippen LogP contribution in [0.3, 0.4) is 0 Å². The van der Waals surface area contributed by atoms with Crippen molar-refractivity contribution in [2.75, 3.05) is 7.05 Å². The number of aromatic amines is 1. The first-order valence-electron chi connectivity index (χ1n) is 8.47. The maximum Gasteiger partial charge on any atom is 0.449 e. The van der Waals surface area contributed by atoms with E-state index in [0.29, 0.717) is 10.2 Å². The fourth-order valence-corrected chi connectivity index (χ4v) is 3.74. The van der Waals surface area contributed by atoms with E-state index >= 15 is 0 Å². The summed E-state index contributed by atoms with van der Waals surface area (Å²) in [6.45, 7) is -0.593. The van der Waals surface area contributed by atoms with E-state index in [9.17, 15) is 22.8 Å². The van der Waals surface area contributed by atoms with Crippen molar-refractivity contribution in [1.82, 2.24) is 24.4 Å². The summed E-state index contributed by atoms with van der Waals surface area (Å²) < 4.78 is 41.5. The van der Waals surface area contributed by atoms with Crippen molar-refractivity contribution < 1.29 is 18.0 Å². The number of fused-ring (bicyclic) bond motifs is 2. The van der Waals surface area contributed by atoms with Crippen molar-refractivity contribution in [1.29, 1.82) is 0 Å². The van der Waals surface area contributed by atoms with E-state index in [4.69, 9.17) is 0 Å². The second-order valence-electron chi connectivity index (χ2n) is 6.41. The van der Waals surface area contributed by atoms with E-state index in [1.807, 2.05) is 0 Å². The van der Waals surface area contributed by atoms with Crippen LogP contribution in [0.2, 0.25) is 0 Å². The summed E-state index contributed by atoms with van der Waals surface area (Å²) in [7, 11) is 1.44. The van der Waals surface area contributed by atoms with Gasteiger partial charge in [0.2, 0.25) is 11.7 Å². The molecule has 29 heavy (non-hydrogen) atoms. The summed E-state index contributed by atoms with van der Waals surface area (Å²) in [5.74, 6) is -1.46. The predicted molar refractivity (Wildman–Crippen MR) is 101 cm³/mol. The number of hydrogen-bond acceptors (Lipinski definition) is 5. The highest BCUT2D eigenvalue weighted by Crippen LogP contribution is 2.31. The topological polar surface area (TPSA) is 83.9 Å². The fourth-order valence-electron chi connectivity index (χ4n) is 3.02. The number of amides is 1. The Kier molecular flexibility index (Phi) is 4.61. The molecule has 0 atom stereocenters. The van der Waals surface area contributed by atoms with Crippen molar-refractivity contribution in [2.45, 2.75) is 19.3 Å². The Hall–Kier alpha value is -3.21. The molecular weight excluding hydrogens is 407 g/mol. The molecule has 1 amide bonds. The predicted octanol–water partition coefficient (Wildman–Crippen LogP) is 3.01. The van der Waals surface area contributed by atoms with Crippen LogP contribution < -0.4 is 5.56 Å². The zero-order valence-electron chi connectivity index (χ0n) is 15.0. The smallest absolute Gasteiger partial charge is 0.337 e. The summed E-state index contributed by atoms with van der Waals surface area (Å²) in [5, 5.41) is 1.73. The number of carbonyl (C=O) groups is 1. The average molecular weight is 421 g/mol. The minimum absolute atomic E-state index is 0.0478. The maximum atomic E-state index is 13.4. The molecule has 1 aromatic carbocycles. The van der Waals surface area contributed by atoms with Gasteiger partial charge in [-0.2, -0.15) is 13.2 Å². The zero-order chi connectivity index (χ0) is 20.8. The van der Waals surface area contributed by atoms with Gasteiger partial charge in [0.25, 0.3) is 5.56 Å². The van der Waals surface area contributed by atoms with Crippen molar-refractivity contribution >= 4 is 38.5 Å². The van der Waals surface area contributed by atoms with Gasteiger partial charge in [-0.15, -0.1) is 11.3 Å². The number of thiophene rings is 1. The number of likely N-dealkylation sites (N-methyl/N-ethyl adjacent to an activating group) is 1. The number of alkyl halides is 3. The van der Waals surface area contributed by atoms with Crippen LogP contribution in [-0.2, 0) is 24.1 Å². The molecule has 0 bridgehead atoms. The molecular formula is C18H14F3N5O2S. The molecule has 0 aliphatic heterocycles. The lowest BCUT2D eigenvalue weighted by Gasteiger charge is -2.18. The number of aromatic nitrogens is 4. The summed E-state index contributed by atoms with van der Waals surface area (Å²) >= 11 is 1.25. The highest BCUT2D eigenvalue weighted by Gasteiger charge is 2.38. The number of carbonyl (C=O) groups excluding carboxylic acids is 1. The molecule has 150 valence electrons. The van der Waals surface area contributed by atoms with Gasteiger partial charge in [0, 0.05) is 7.05 Å². The molecule has 0 saturated carbocycles. The summed E-state index contributed by atoms with van der Waals surface area (Å²) in [6, 6.07) is 7.79. The second kappa shape index (κ2) is 6.99. The Balaban J connectivity index is 1.61. The monoisotopic (exact) mass is 421 g/mol. The maximum absolute atomic E-state index is 13.4. The SMILES string of the molecule is CN(Cc1nc2ccsc2c(=O)[nH]1)C(=O)Cn1c(C(F)(F)F)nc2ccccc21. The molecule has 3 heterocycles. The van der Waals surface area contributed by atoms with E-state index in [0.717, 1.165) is 4.57 Å². The van der Waals surface area contributed by atoms with Crippen LogP contribution in [0.15, 0.2) is 40.5 Å². The second-order valence-corrected chi connectivity index (χ2v) is 7.32. The molecule has 0 fully saturated rings. The number of imidazole rings is 1. The van der Waals surface area contributed by atoms with E-state index in [1.54, 1.807) is 23.6 Å². The number of rotatable bonds is 4. The minimum Gasteiger partial charge on any atom is -0.337 e. The quantitative estimate of drug-likeness (QED) is 0.549. The van der Waals surface area contributed by atoms with Crippen molar-refractivity contribution in [3.63, 3.8) is 0 Å². The van der Waals surface area contributed by atoms with Gasteiger partial charge < -0.3 is 14.5 Å². The summed E-state index contributed by atoms with van der Waals surface area (Å²) in [6.07, 6.45) is -4.70. The lowest BCUT2D eigenvalue weighted by Crippen LogP contribution is -2.32. The highest BCUT2D eigenvalue weighted by molar-refractivity contribution is 7.17. The van der Waals surface area contributed by atoms with Crippen LogP contribution >= 0.6 is 11.3 Å². The molecule has 11 heteroatoms. The number of para-hydroxylation sites is 2. The third kappa shape index (κ3) is 3.60. The van der Waals surface area contributed by atoms with E-state index in [2.05, 4.69) is 15.0 Å². The van der Waals surface area contributed by atoms with Gasteiger partial charge in [-0.1, -0.05) is 12.1 Å². The third-order valence-corrected chi connectivity index (χ3v) is 5.28. The molecule has 0 aliphatic carbocycles. The van der Waals surface area contributed by atoms with Crippen molar-refractivity contribution in [2.24, 2.45) is 0 Å². The van der Waals surface area contributed by atoms with Gasteiger partial charge in [0.15, 0.2) is 0 Å². The van der Waals surface area contributed by atoms with Gasteiger partial charge in [0.05, 0.1) is 23.1 Å². The molecule has 3 aromatic heterocycles. The number of H-pyrrole nitrogens is 1. The van der Waals surface area contributed by atoms with Crippen LogP contribution in [0.1, 0.15) is 11.6 Å². The Morgan fingerprint density at radius 2 is 1.97 bits per heavy atom. The van der Waals surface area contributed by atoms with E-state index < -0.39 is 24.5 Å². The molecule has 0 unspecified atom stereocenters. The molecule has 1 N–H and O–H groups in total. The molecule has 4 rings (SSSR count). The number of benzene rings is 1. The first-order chi connectivity index (χ1) is 13.7. The van der Waals surface area contributed by atoms with Gasteiger partial charge in [-0.05, 0) is 23.6 Å². The van der Waals surface area contributed by atoms with Crippen LogP contribution in [0, 0.1) is 0 Å². The van der Waals surface area contributed by atoms with E-state index in [-0.39, 0.29) is 29.0 Å². The average Bonchev–Trinajstić information content (AvgIpc) is 3.26. The van der Waals surface area contributed by atoms with Crippen LogP contribution in [0.5, 0.6) is 0 Å². The van der Waals surface area contributed by atoms with Crippen molar-refractivity contribution in [3.05, 3.63) is 57.7 Å². The molecule has 0 aliphatic rings. The first kappa shape index (κ1) is 19.1. The summed E-state index contributed by atoms with van der Waals surface area (Å²) in [5.41, 5.74) is 0.562. The summed E-state index contributed by atoms with van der Waals surface area (Å²) in [4.78, 5) is 36.4. The molecule has 4 aromatic rings. The lowest BCUT2D eigenvalue weighted by atomic mass is 10.3. The molecule has 0 saturated heterocycles. The first-order valence-corrected chi connectivity index (χ1v) is 9.35. The van der Waals surface area contributed by atoms with Crippen LogP contribution in [-0.4, -0.2) is 37.4 Å². The van der Waals surface area contributed by atoms with Crippen molar-refractivity contribution in [3.8, 4) is 0 Å². The minimum atomic E-state index is -4.70. The zero-order valence-corrected chi connectivity index (χ0v) is 15.8. The number of nitrogens with one attached hydrogen (secondary N) is 1. The number of hydrogen-bond donors (Lipinski definition) is 1. The van der Waals surface area contributed by atoms with Gasteiger partial charge in [0.1, 0.15) is 17.1 Å². The van der Waals surface area contributed by atoms with E-state index in [1.165, 1.54) is 35.4 Å². The highest BCUT2D eigenvalue weighted by atomic mass is 32.1. The Bertz CT molecular complexity index is 1270. The number of nitrogens with zero attached hydrogens (tertiary/aromatic N) is 4. The Morgan fingerprint density at radius 3 is 2.72 bits per heavy atom. The van der Waals surface area contributed by atoms with Gasteiger partial charge in [-0.25, -0.2) is 9.97 Å². The lowest BCUT2D eigenvalue weighted by molar-refractivity contribution is -0.148. The molecule has 7 nitrogen and oxygen atoms in total.